The Morgan fingerprint density at radius 3 is 2.58 bits per heavy atom. The first-order chi connectivity index (χ1) is 8.79. The molecule has 0 heterocycles. The molecule has 0 atom stereocenters. The third-order valence-corrected chi connectivity index (χ3v) is 2.76. The van der Waals surface area contributed by atoms with E-state index in [9.17, 15) is 18.0 Å². The van der Waals surface area contributed by atoms with Gasteiger partial charge in [0, 0.05) is 18.5 Å². The van der Waals surface area contributed by atoms with Crippen molar-refractivity contribution in [2.24, 2.45) is 0 Å². The van der Waals surface area contributed by atoms with Gasteiger partial charge in [0.15, 0.2) is 0 Å². The molecule has 3 nitrogen and oxygen atoms in total. The molecule has 7 heteroatoms. The van der Waals surface area contributed by atoms with Crippen molar-refractivity contribution in [3.05, 3.63) is 28.8 Å². The van der Waals surface area contributed by atoms with Crippen LogP contribution in [-0.2, 0) is 0 Å². The van der Waals surface area contributed by atoms with Gasteiger partial charge in [-0.2, -0.15) is 13.2 Å². The highest BCUT2D eigenvalue weighted by molar-refractivity contribution is 6.33. The largest absolute Gasteiger partial charge is 0.398 e. The fourth-order valence-electron chi connectivity index (χ4n) is 1.42. The summed E-state index contributed by atoms with van der Waals surface area (Å²) in [5.41, 5.74) is 6.19. The van der Waals surface area contributed by atoms with E-state index in [0.29, 0.717) is 11.3 Å². The van der Waals surface area contributed by atoms with E-state index in [-0.39, 0.29) is 30.3 Å². The van der Waals surface area contributed by atoms with Crippen LogP contribution in [-0.4, -0.2) is 18.6 Å². The number of amides is 1. The molecule has 3 N–H and O–H groups in total. The zero-order valence-electron chi connectivity index (χ0n) is 10.1. The Hall–Kier alpha value is -1.43. The summed E-state index contributed by atoms with van der Waals surface area (Å²) in [6.45, 7) is 0.191. The van der Waals surface area contributed by atoms with Gasteiger partial charge in [-0.15, -0.1) is 0 Å². The average molecular weight is 295 g/mol. The third kappa shape index (κ3) is 5.83. The molecular formula is C12H14ClF3N2O. The normalized spacial score (nSPS) is 11.4. The highest BCUT2D eigenvalue weighted by Gasteiger charge is 2.25. The number of hydrogen-bond donors (Lipinski definition) is 2. The number of anilines is 1. The Kier molecular flexibility index (Phi) is 5.47. The van der Waals surface area contributed by atoms with Crippen molar-refractivity contribution in [1.29, 1.82) is 0 Å². The average Bonchev–Trinajstić information content (AvgIpc) is 2.30. The molecule has 19 heavy (non-hydrogen) atoms. The maximum absolute atomic E-state index is 11.9. The zero-order chi connectivity index (χ0) is 14.5. The standard InChI is InChI=1S/C12H14ClF3N2O/c13-9-7-8(3-4-10(9)17)11(19)18-6-2-1-5-12(14,15)16/h3-4,7H,1-2,5-6,17H2,(H,18,19). The highest BCUT2D eigenvalue weighted by Crippen LogP contribution is 2.22. The Morgan fingerprint density at radius 2 is 2.00 bits per heavy atom. The maximum Gasteiger partial charge on any atom is 0.389 e. The van der Waals surface area contributed by atoms with Crippen molar-refractivity contribution in [2.45, 2.75) is 25.4 Å². The Morgan fingerprint density at radius 1 is 1.32 bits per heavy atom. The second-order valence-corrected chi connectivity index (χ2v) is 4.47. The van der Waals surface area contributed by atoms with E-state index in [1.807, 2.05) is 0 Å². The Balaban J connectivity index is 2.33. The van der Waals surface area contributed by atoms with E-state index >= 15 is 0 Å². The molecule has 1 aromatic rings. The van der Waals surface area contributed by atoms with Gasteiger partial charge >= 0.3 is 6.18 Å². The van der Waals surface area contributed by atoms with Gasteiger partial charge in [-0.1, -0.05) is 11.6 Å². The summed E-state index contributed by atoms with van der Waals surface area (Å²) >= 11 is 5.76. The van der Waals surface area contributed by atoms with Gasteiger partial charge in [0.1, 0.15) is 0 Å². The zero-order valence-corrected chi connectivity index (χ0v) is 10.8. The summed E-state index contributed by atoms with van der Waals surface area (Å²) in [6.07, 6.45) is -4.72. The molecule has 0 saturated heterocycles. The molecule has 1 aromatic carbocycles. The van der Waals surface area contributed by atoms with Gasteiger partial charge in [-0.05, 0) is 31.0 Å². The Labute approximate surface area is 113 Å². The van der Waals surface area contributed by atoms with Crippen LogP contribution in [0.5, 0.6) is 0 Å². The van der Waals surface area contributed by atoms with E-state index in [0.717, 1.165) is 0 Å². The molecule has 0 bridgehead atoms. The molecule has 0 saturated carbocycles. The first kappa shape index (κ1) is 15.6. The van der Waals surface area contributed by atoms with Crippen LogP contribution in [0.3, 0.4) is 0 Å². The minimum Gasteiger partial charge on any atom is -0.398 e. The lowest BCUT2D eigenvalue weighted by molar-refractivity contribution is -0.135. The van der Waals surface area contributed by atoms with Gasteiger partial charge < -0.3 is 11.1 Å². The van der Waals surface area contributed by atoms with Crippen molar-refractivity contribution in [2.75, 3.05) is 12.3 Å². The monoisotopic (exact) mass is 294 g/mol. The molecule has 0 aliphatic heterocycles. The van der Waals surface area contributed by atoms with Gasteiger partial charge in [-0.3, -0.25) is 4.79 Å². The molecule has 0 unspecified atom stereocenters. The van der Waals surface area contributed by atoms with E-state index in [4.69, 9.17) is 17.3 Å². The highest BCUT2D eigenvalue weighted by atomic mass is 35.5. The number of nitrogen functional groups attached to an aromatic ring is 1. The fraction of sp³-hybridized carbons (Fsp3) is 0.417. The molecule has 0 aliphatic rings. The smallest absolute Gasteiger partial charge is 0.389 e. The van der Waals surface area contributed by atoms with Crippen molar-refractivity contribution in [1.82, 2.24) is 5.32 Å². The molecule has 0 aromatic heterocycles. The molecule has 0 fully saturated rings. The number of carbonyl (C=O) groups excluding carboxylic acids is 1. The second kappa shape index (κ2) is 6.65. The van der Waals surface area contributed by atoms with Crippen LogP contribution in [0, 0.1) is 0 Å². The maximum atomic E-state index is 11.9. The van der Waals surface area contributed by atoms with Gasteiger partial charge in [0.05, 0.1) is 10.7 Å². The van der Waals surface area contributed by atoms with Crippen molar-refractivity contribution < 1.29 is 18.0 Å². The molecular weight excluding hydrogens is 281 g/mol. The second-order valence-electron chi connectivity index (χ2n) is 4.06. The number of carbonyl (C=O) groups is 1. The number of nitrogens with two attached hydrogens (primary N) is 1. The first-order valence-electron chi connectivity index (χ1n) is 5.69. The van der Waals surface area contributed by atoms with Gasteiger partial charge in [0.2, 0.25) is 0 Å². The van der Waals surface area contributed by atoms with E-state index in [1.165, 1.54) is 18.2 Å². The van der Waals surface area contributed by atoms with Crippen LogP contribution >= 0.6 is 11.6 Å². The van der Waals surface area contributed by atoms with E-state index < -0.39 is 12.6 Å². The summed E-state index contributed by atoms with van der Waals surface area (Å²) in [6, 6.07) is 4.43. The van der Waals surface area contributed by atoms with Crippen molar-refractivity contribution in [3.63, 3.8) is 0 Å². The summed E-state index contributed by atoms with van der Waals surface area (Å²) in [4.78, 5) is 11.6. The quantitative estimate of drug-likeness (QED) is 0.646. The minimum absolute atomic E-state index is 0.00766. The summed E-state index contributed by atoms with van der Waals surface area (Å²) in [5, 5.41) is 2.79. The number of halogens is 4. The van der Waals surface area contributed by atoms with Crippen LogP contribution in [0.15, 0.2) is 18.2 Å². The predicted molar refractivity (Wildman–Crippen MR) is 68.1 cm³/mol. The van der Waals surface area contributed by atoms with Gasteiger partial charge in [0.25, 0.3) is 5.91 Å². The molecule has 106 valence electrons. The summed E-state index contributed by atoms with van der Waals surface area (Å²) in [5.74, 6) is -0.381. The van der Waals surface area contributed by atoms with Crippen LogP contribution in [0.4, 0.5) is 18.9 Å². The van der Waals surface area contributed by atoms with E-state index in [2.05, 4.69) is 5.32 Å². The fourth-order valence-corrected chi connectivity index (χ4v) is 1.60. The lowest BCUT2D eigenvalue weighted by atomic mass is 10.2. The predicted octanol–water partition coefficient (Wildman–Crippen LogP) is 3.38. The minimum atomic E-state index is -4.14. The van der Waals surface area contributed by atoms with E-state index in [1.54, 1.807) is 0 Å². The molecule has 1 amide bonds. The number of rotatable bonds is 5. The molecule has 0 spiro atoms. The lowest BCUT2D eigenvalue weighted by Gasteiger charge is -2.08. The molecule has 1 rings (SSSR count). The number of hydrogen-bond acceptors (Lipinski definition) is 2. The van der Waals surface area contributed by atoms with Gasteiger partial charge in [-0.25, -0.2) is 0 Å². The topological polar surface area (TPSA) is 55.1 Å². The number of nitrogens with one attached hydrogen (secondary N) is 1. The third-order valence-electron chi connectivity index (χ3n) is 2.44. The molecule has 0 aliphatic carbocycles. The van der Waals surface area contributed by atoms with Crippen LogP contribution in [0.1, 0.15) is 29.6 Å². The van der Waals surface area contributed by atoms with Crippen LogP contribution in [0.2, 0.25) is 5.02 Å². The number of benzene rings is 1. The Bertz CT molecular complexity index is 449. The number of unbranched alkanes of at least 4 members (excludes halogenated alkanes) is 1. The molecule has 0 radical (unpaired) electrons. The van der Waals surface area contributed by atoms with Crippen molar-refractivity contribution >= 4 is 23.2 Å². The summed E-state index contributed by atoms with van der Waals surface area (Å²) in [7, 11) is 0. The van der Waals surface area contributed by atoms with Crippen LogP contribution < -0.4 is 11.1 Å². The number of alkyl halides is 3. The lowest BCUT2D eigenvalue weighted by Crippen LogP contribution is -2.24. The van der Waals surface area contributed by atoms with Crippen LogP contribution in [0.25, 0.3) is 0 Å². The SMILES string of the molecule is Nc1ccc(C(=O)NCCCCC(F)(F)F)cc1Cl. The first-order valence-corrected chi connectivity index (χ1v) is 6.07. The summed E-state index contributed by atoms with van der Waals surface area (Å²) < 4.78 is 35.6. The van der Waals surface area contributed by atoms with Crippen molar-refractivity contribution in [3.8, 4) is 0 Å².